The summed E-state index contributed by atoms with van der Waals surface area (Å²) in [4.78, 5) is 0. The standard InChI is InChI=1S/C15H16BrNO/c16-14-7-5-12(6-8-14)11-17-15-4-2-1-3-13(15)9-10-18/h1-8,17-18H,9-11H2. The molecule has 0 fully saturated rings. The second-order valence-corrected chi connectivity index (χ2v) is 5.03. The number of para-hydroxylation sites is 1. The number of nitrogens with one attached hydrogen (secondary N) is 1. The van der Waals surface area contributed by atoms with E-state index >= 15 is 0 Å². The third kappa shape index (κ3) is 3.59. The third-order valence-electron chi connectivity index (χ3n) is 2.79. The molecular formula is C15H16BrNO. The molecule has 2 N–H and O–H groups in total. The Morgan fingerprint density at radius 2 is 1.72 bits per heavy atom. The Kier molecular flexibility index (Phi) is 4.79. The number of hydrogen-bond donors (Lipinski definition) is 2. The molecule has 0 aliphatic heterocycles. The summed E-state index contributed by atoms with van der Waals surface area (Å²) in [6.45, 7) is 0.965. The predicted octanol–water partition coefficient (Wildman–Crippen LogP) is 3.60. The van der Waals surface area contributed by atoms with Crippen molar-refractivity contribution >= 4 is 21.6 Å². The Labute approximate surface area is 116 Å². The molecular weight excluding hydrogens is 290 g/mol. The number of anilines is 1. The summed E-state index contributed by atoms with van der Waals surface area (Å²) in [5.41, 5.74) is 3.48. The van der Waals surface area contributed by atoms with Crippen molar-refractivity contribution in [1.29, 1.82) is 0 Å². The van der Waals surface area contributed by atoms with Crippen LogP contribution < -0.4 is 5.32 Å². The molecule has 0 radical (unpaired) electrons. The maximum atomic E-state index is 9.03. The van der Waals surface area contributed by atoms with Gasteiger partial charge in [0.25, 0.3) is 0 Å². The van der Waals surface area contributed by atoms with E-state index in [2.05, 4.69) is 33.4 Å². The summed E-state index contributed by atoms with van der Waals surface area (Å²) in [5, 5.41) is 12.4. The first-order valence-corrected chi connectivity index (χ1v) is 6.76. The Bertz CT molecular complexity index is 496. The van der Waals surface area contributed by atoms with Crippen LogP contribution in [0, 0.1) is 0 Å². The van der Waals surface area contributed by atoms with Gasteiger partial charge in [-0.15, -0.1) is 0 Å². The minimum absolute atomic E-state index is 0.178. The lowest BCUT2D eigenvalue weighted by Crippen LogP contribution is -2.03. The highest BCUT2D eigenvalue weighted by Gasteiger charge is 2.00. The number of halogens is 1. The summed E-state index contributed by atoms with van der Waals surface area (Å²) in [7, 11) is 0. The lowest BCUT2D eigenvalue weighted by molar-refractivity contribution is 0.300. The third-order valence-corrected chi connectivity index (χ3v) is 3.32. The molecule has 3 heteroatoms. The van der Waals surface area contributed by atoms with Gasteiger partial charge in [-0.25, -0.2) is 0 Å². The lowest BCUT2D eigenvalue weighted by Gasteiger charge is -2.11. The minimum Gasteiger partial charge on any atom is -0.396 e. The average Bonchev–Trinajstić information content (AvgIpc) is 2.40. The van der Waals surface area contributed by atoms with Crippen LogP contribution in [0.25, 0.3) is 0 Å². The average molecular weight is 306 g/mol. The van der Waals surface area contributed by atoms with E-state index in [1.54, 1.807) is 0 Å². The van der Waals surface area contributed by atoms with Crippen LogP contribution in [-0.2, 0) is 13.0 Å². The van der Waals surface area contributed by atoms with Gasteiger partial charge in [-0.2, -0.15) is 0 Å². The highest BCUT2D eigenvalue weighted by molar-refractivity contribution is 9.10. The zero-order valence-electron chi connectivity index (χ0n) is 10.1. The Morgan fingerprint density at radius 3 is 2.44 bits per heavy atom. The smallest absolute Gasteiger partial charge is 0.0472 e. The topological polar surface area (TPSA) is 32.3 Å². The fourth-order valence-corrected chi connectivity index (χ4v) is 2.10. The SMILES string of the molecule is OCCc1ccccc1NCc1ccc(Br)cc1. The van der Waals surface area contributed by atoms with Crippen LogP contribution in [-0.4, -0.2) is 11.7 Å². The van der Waals surface area contributed by atoms with Crippen LogP contribution in [0.5, 0.6) is 0 Å². The van der Waals surface area contributed by atoms with Gasteiger partial charge in [-0.3, -0.25) is 0 Å². The Morgan fingerprint density at radius 1 is 1.00 bits per heavy atom. The lowest BCUT2D eigenvalue weighted by atomic mass is 10.1. The van der Waals surface area contributed by atoms with Crippen molar-refractivity contribution in [2.75, 3.05) is 11.9 Å². The van der Waals surface area contributed by atoms with Gasteiger partial charge < -0.3 is 10.4 Å². The molecule has 0 unspecified atom stereocenters. The van der Waals surface area contributed by atoms with Crippen LogP contribution in [0.2, 0.25) is 0 Å². The van der Waals surface area contributed by atoms with Gasteiger partial charge in [-0.1, -0.05) is 46.3 Å². The number of aliphatic hydroxyl groups is 1. The van der Waals surface area contributed by atoms with Crippen molar-refractivity contribution in [1.82, 2.24) is 0 Å². The molecule has 0 amide bonds. The van der Waals surface area contributed by atoms with Crippen molar-refractivity contribution in [2.24, 2.45) is 0 Å². The van der Waals surface area contributed by atoms with Gasteiger partial charge in [-0.05, 0) is 35.7 Å². The van der Waals surface area contributed by atoms with Gasteiger partial charge in [0.1, 0.15) is 0 Å². The molecule has 0 saturated carbocycles. The molecule has 0 bridgehead atoms. The van der Waals surface area contributed by atoms with Crippen LogP contribution in [0.15, 0.2) is 53.0 Å². The van der Waals surface area contributed by atoms with E-state index in [0.717, 1.165) is 22.3 Å². The molecule has 0 spiro atoms. The van der Waals surface area contributed by atoms with Gasteiger partial charge in [0.15, 0.2) is 0 Å². The normalized spacial score (nSPS) is 10.3. The van der Waals surface area contributed by atoms with Crippen LogP contribution >= 0.6 is 15.9 Å². The molecule has 2 aromatic rings. The highest BCUT2D eigenvalue weighted by atomic mass is 79.9. The van der Waals surface area contributed by atoms with Crippen LogP contribution in [0.3, 0.4) is 0 Å². The summed E-state index contributed by atoms with van der Waals surface area (Å²) >= 11 is 3.43. The van der Waals surface area contributed by atoms with Crippen molar-refractivity contribution in [3.63, 3.8) is 0 Å². The van der Waals surface area contributed by atoms with Gasteiger partial charge in [0, 0.05) is 23.3 Å². The van der Waals surface area contributed by atoms with E-state index in [4.69, 9.17) is 5.11 Å². The maximum absolute atomic E-state index is 9.03. The van der Waals surface area contributed by atoms with Gasteiger partial charge in [0.05, 0.1) is 0 Å². The molecule has 0 aliphatic carbocycles. The molecule has 0 atom stereocenters. The van der Waals surface area contributed by atoms with E-state index in [1.807, 2.05) is 36.4 Å². The molecule has 0 heterocycles. The number of hydrogen-bond acceptors (Lipinski definition) is 2. The van der Waals surface area contributed by atoms with E-state index in [9.17, 15) is 0 Å². The molecule has 2 nitrogen and oxygen atoms in total. The summed E-state index contributed by atoms with van der Waals surface area (Å²) in [6, 6.07) is 16.3. The maximum Gasteiger partial charge on any atom is 0.0472 e. The van der Waals surface area contributed by atoms with Gasteiger partial charge >= 0.3 is 0 Å². The number of benzene rings is 2. The van der Waals surface area contributed by atoms with Crippen molar-refractivity contribution in [3.8, 4) is 0 Å². The Hall–Kier alpha value is -1.32. The van der Waals surface area contributed by atoms with E-state index in [1.165, 1.54) is 5.56 Å². The first-order valence-electron chi connectivity index (χ1n) is 5.96. The minimum atomic E-state index is 0.178. The molecule has 0 aromatic heterocycles. The number of rotatable bonds is 5. The summed E-state index contributed by atoms with van der Waals surface area (Å²) < 4.78 is 1.09. The quantitative estimate of drug-likeness (QED) is 0.884. The zero-order chi connectivity index (χ0) is 12.8. The molecule has 94 valence electrons. The first kappa shape index (κ1) is 13.1. The van der Waals surface area contributed by atoms with E-state index in [0.29, 0.717) is 6.42 Å². The van der Waals surface area contributed by atoms with Crippen molar-refractivity contribution in [2.45, 2.75) is 13.0 Å². The van der Waals surface area contributed by atoms with E-state index < -0.39 is 0 Å². The van der Waals surface area contributed by atoms with Crippen LogP contribution in [0.1, 0.15) is 11.1 Å². The van der Waals surface area contributed by atoms with Crippen molar-refractivity contribution in [3.05, 3.63) is 64.1 Å². The predicted molar refractivity (Wildman–Crippen MR) is 78.7 cm³/mol. The second kappa shape index (κ2) is 6.57. The summed E-state index contributed by atoms with van der Waals surface area (Å²) in [6.07, 6.45) is 0.684. The Balaban J connectivity index is 2.03. The summed E-state index contributed by atoms with van der Waals surface area (Å²) in [5.74, 6) is 0. The molecule has 2 aromatic carbocycles. The van der Waals surface area contributed by atoms with Crippen LogP contribution in [0.4, 0.5) is 5.69 Å². The number of aliphatic hydroxyl groups excluding tert-OH is 1. The largest absolute Gasteiger partial charge is 0.396 e. The second-order valence-electron chi connectivity index (χ2n) is 4.11. The van der Waals surface area contributed by atoms with Gasteiger partial charge in [0.2, 0.25) is 0 Å². The highest BCUT2D eigenvalue weighted by Crippen LogP contribution is 2.17. The molecule has 0 saturated heterocycles. The zero-order valence-corrected chi connectivity index (χ0v) is 11.7. The monoisotopic (exact) mass is 305 g/mol. The fourth-order valence-electron chi connectivity index (χ4n) is 1.83. The molecule has 2 rings (SSSR count). The molecule has 0 aliphatic rings. The first-order chi connectivity index (χ1) is 8.79. The molecule has 18 heavy (non-hydrogen) atoms. The fraction of sp³-hybridized carbons (Fsp3) is 0.200. The van der Waals surface area contributed by atoms with E-state index in [-0.39, 0.29) is 6.61 Å². The van der Waals surface area contributed by atoms with Crippen molar-refractivity contribution < 1.29 is 5.11 Å².